The highest BCUT2D eigenvalue weighted by Gasteiger charge is 2.37. The lowest BCUT2D eigenvalue weighted by Gasteiger charge is -2.28. The van der Waals surface area contributed by atoms with Crippen LogP contribution in [0, 0.1) is 0 Å². The fraction of sp³-hybridized carbons (Fsp3) is 0. The van der Waals surface area contributed by atoms with E-state index in [4.69, 9.17) is 0 Å². The first-order valence-electron chi connectivity index (χ1n) is 24.4. The molecule has 1 aliphatic carbocycles. The standard InChI is InChI=1S/C68H35NO2/c70-67-53-34-30-49-45-26-24-43-47-28-32-51-61-52(33-29-48(59(47)61)44-25-27-46(58(45)57(43)44)50-31-35-54(62(53)60(49)50)68(71)69(67)38-18-8-3-9-19-38)66-56(37-16-6-2-7-17-37)64-42-23-13-11-21-40(42)39-20-10-12-22-41(39)63(64)55(65(51)66)36-14-4-1-5-15-36/h1-35H. The van der Waals surface area contributed by atoms with Gasteiger partial charge in [0.2, 0.25) is 0 Å². The predicted molar refractivity (Wildman–Crippen MR) is 297 cm³/mol. The number of nitrogens with zero attached hydrogens (tertiary/aromatic N) is 1. The number of para-hydroxylation sites is 1. The minimum Gasteiger partial charge on any atom is -0.268 e. The summed E-state index contributed by atoms with van der Waals surface area (Å²) >= 11 is 0. The van der Waals surface area contributed by atoms with Crippen LogP contribution in [0.3, 0.4) is 0 Å². The van der Waals surface area contributed by atoms with Gasteiger partial charge in [-0.1, -0.05) is 188 Å². The molecule has 0 unspecified atom stereocenters. The molecular weight excluding hydrogens is 863 g/mol. The van der Waals surface area contributed by atoms with Gasteiger partial charge in [0.25, 0.3) is 11.8 Å². The van der Waals surface area contributed by atoms with Crippen LogP contribution in [0.25, 0.3) is 152 Å². The van der Waals surface area contributed by atoms with Crippen LogP contribution in [0.1, 0.15) is 20.7 Å². The summed E-state index contributed by atoms with van der Waals surface area (Å²) in [4.78, 5) is 29.9. The Balaban J connectivity index is 0.999. The van der Waals surface area contributed by atoms with E-state index in [1.54, 1.807) is 0 Å². The minimum atomic E-state index is -0.294. The number of fused-ring (bicyclic) bond motifs is 13. The molecule has 2 amide bonds. The van der Waals surface area contributed by atoms with Crippen molar-refractivity contribution in [2.75, 3.05) is 4.90 Å². The highest BCUT2D eigenvalue weighted by atomic mass is 16.2. The lowest BCUT2D eigenvalue weighted by molar-refractivity contribution is 0.0893. The van der Waals surface area contributed by atoms with Gasteiger partial charge in [0, 0.05) is 16.5 Å². The second-order valence-electron chi connectivity index (χ2n) is 19.6. The first kappa shape index (κ1) is 37.5. The van der Waals surface area contributed by atoms with Crippen LogP contribution in [0.2, 0.25) is 0 Å². The molecule has 0 N–H and O–H groups in total. The number of carbonyl (C=O) groups excluding carboxylic acids is 2. The third-order valence-electron chi connectivity index (χ3n) is 16.4. The van der Waals surface area contributed by atoms with E-state index in [0.29, 0.717) is 16.8 Å². The van der Waals surface area contributed by atoms with Crippen molar-refractivity contribution >= 4 is 125 Å². The highest BCUT2D eigenvalue weighted by molar-refractivity contribution is 6.47. The molecule has 0 radical (unpaired) electrons. The molecule has 2 aliphatic rings. The van der Waals surface area contributed by atoms with Crippen LogP contribution in [0.4, 0.5) is 5.69 Å². The normalized spacial score (nSPS) is 13.4. The largest absolute Gasteiger partial charge is 0.268 e. The summed E-state index contributed by atoms with van der Waals surface area (Å²) in [7, 11) is 0. The maximum atomic E-state index is 14.3. The summed E-state index contributed by atoms with van der Waals surface area (Å²) in [5.74, 6) is -0.587. The third kappa shape index (κ3) is 4.51. The predicted octanol–water partition coefficient (Wildman–Crippen LogP) is 17.9. The molecule has 3 nitrogen and oxygen atoms in total. The molecule has 0 bridgehead atoms. The topological polar surface area (TPSA) is 37.4 Å². The fourth-order valence-corrected chi connectivity index (χ4v) is 13.7. The Kier molecular flexibility index (Phi) is 6.98. The monoisotopic (exact) mass is 897 g/mol. The van der Waals surface area contributed by atoms with Crippen molar-refractivity contribution in [1.82, 2.24) is 0 Å². The Hall–Kier alpha value is -9.44. The van der Waals surface area contributed by atoms with E-state index in [0.717, 1.165) is 32.3 Å². The molecule has 71 heavy (non-hydrogen) atoms. The van der Waals surface area contributed by atoms with Crippen molar-refractivity contribution in [2.24, 2.45) is 0 Å². The van der Waals surface area contributed by atoms with Crippen LogP contribution in [-0.4, -0.2) is 11.8 Å². The molecule has 3 heteroatoms. The Morgan fingerprint density at radius 2 is 0.493 bits per heavy atom. The zero-order valence-corrected chi connectivity index (χ0v) is 38.0. The lowest BCUT2D eigenvalue weighted by atomic mass is 9.79. The molecule has 0 fully saturated rings. The Morgan fingerprint density at radius 1 is 0.211 bits per heavy atom. The summed E-state index contributed by atoms with van der Waals surface area (Å²) in [6.07, 6.45) is 0. The molecule has 0 saturated heterocycles. The van der Waals surface area contributed by atoms with Gasteiger partial charge in [-0.2, -0.15) is 0 Å². The number of anilines is 1. The summed E-state index contributed by atoms with van der Waals surface area (Å²) < 4.78 is 0. The van der Waals surface area contributed by atoms with E-state index in [9.17, 15) is 9.59 Å². The van der Waals surface area contributed by atoms with Crippen LogP contribution in [0.5, 0.6) is 0 Å². The van der Waals surface area contributed by atoms with Crippen molar-refractivity contribution in [3.05, 3.63) is 223 Å². The molecule has 324 valence electrons. The molecule has 0 spiro atoms. The first-order chi connectivity index (χ1) is 35.1. The number of rotatable bonds is 3. The smallest absolute Gasteiger partial charge is 0.265 e. The van der Waals surface area contributed by atoms with Crippen molar-refractivity contribution in [3.8, 4) is 44.5 Å². The van der Waals surface area contributed by atoms with Gasteiger partial charge in [0.1, 0.15) is 0 Å². The van der Waals surface area contributed by atoms with E-state index in [1.807, 2.05) is 42.5 Å². The van der Waals surface area contributed by atoms with Gasteiger partial charge in [-0.3, -0.25) is 9.59 Å². The molecule has 15 aromatic rings. The summed E-state index contributed by atoms with van der Waals surface area (Å²) in [5.41, 5.74) is 11.8. The summed E-state index contributed by atoms with van der Waals surface area (Å²) in [6.45, 7) is 0. The Labute approximate surface area is 405 Å². The average molecular weight is 898 g/mol. The quantitative estimate of drug-likeness (QED) is 0.101. The average Bonchev–Trinajstić information content (AvgIpc) is 3.78. The zero-order valence-electron chi connectivity index (χ0n) is 38.0. The first-order valence-corrected chi connectivity index (χ1v) is 24.4. The Morgan fingerprint density at radius 3 is 0.887 bits per heavy atom. The van der Waals surface area contributed by atoms with Gasteiger partial charge in [0.05, 0.1) is 5.69 Å². The number of amides is 2. The van der Waals surface area contributed by atoms with E-state index >= 15 is 0 Å². The lowest BCUT2D eigenvalue weighted by Crippen LogP contribution is -2.40. The summed E-state index contributed by atoms with van der Waals surface area (Å²) in [5, 5.41) is 23.6. The molecule has 0 saturated carbocycles. The van der Waals surface area contributed by atoms with Crippen molar-refractivity contribution in [3.63, 3.8) is 0 Å². The molecular formula is C68H35NO2. The maximum absolute atomic E-state index is 14.3. The van der Waals surface area contributed by atoms with Crippen molar-refractivity contribution < 1.29 is 9.59 Å². The van der Waals surface area contributed by atoms with Crippen LogP contribution < -0.4 is 4.90 Å². The van der Waals surface area contributed by atoms with Crippen LogP contribution >= 0.6 is 0 Å². The van der Waals surface area contributed by atoms with E-state index in [2.05, 4.69) is 170 Å². The van der Waals surface area contributed by atoms with Crippen LogP contribution in [-0.2, 0) is 0 Å². The SMILES string of the molecule is O=C1c2ccc3c4ccc5c6ccc7c8c(ccc(c9ccc(c%10ccc(c2c3%10)C(=O)N1c1ccccc1)c4c59)c86)-c1c-7c(-c2ccccc2)c2c3ccccc3c3ccccc3c2c1-c1ccccc1. The van der Waals surface area contributed by atoms with Gasteiger partial charge in [-0.15, -0.1) is 0 Å². The highest BCUT2D eigenvalue weighted by Crippen LogP contribution is 2.62. The molecule has 15 aromatic carbocycles. The van der Waals surface area contributed by atoms with E-state index < -0.39 is 0 Å². The number of imide groups is 1. The molecule has 17 rings (SSSR count). The number of hydrogen-bond donors (Lipinski definition) is 0. The molecule has 1 heterocycles. The Bertz CT molecular complexity index is 4660. The number of hydrogen-bond acceptors (Lipinski definition) is 2. The van der Waals surface area contributed by atoms with Gasteiger partial charge in [-0.25, -0.2) is 4.90 Å². The maximum Gasteiger partial charge on any atom is 0.265 e. The van der Waals surface area contributed by atoms with Gasteiger partial charge in [-0.05, 0) is 171 Å². The van der Waals surface area contributed by atoms with Crippen molar-refractivity contribution in [2.45, 2.75) is 0 Å². The van der Waals surface area contributed by atoms with Gasteiger partial charge >= 0.3 is 0 Å². The second kappa shape index (κ2) is 13.2. The zero-order chi connectivity index (χ0) is 46.4. The third-order valence-corrected chi connectivity index (χ3v) is 16.4. The van der Waals surface area contributed by atoms with Gasteiger partial charge < -0.3 is 0 Å². The van der Waals surface area contributed by atoms with E-state index in [1.165, 1.54) is 125 Å². The minimum absolute atomic E-state index is 0.294. The summed E-state index contributed by atoms with van der Waals surface area (Å²) in [6, 6.07) is 76.3. The van der Waals surface area contributed by atoms with Crippen LogP contribution in [0.15, 0.2) is 212 Å². The van der Waals surface area contributed by atoms with Crippen molar-refractivity contribution in [1.29, 1.82) is 0 Å². The van der Waals surface area contributed by atoms with Gasteiger partial charge in [0.15, 0.2) is 0 Å². The molecule has 0 aromatic heterocycles. The molecule has 0 atom stereocenters. The second-order valence-corrected chi connectivity index (χ2v) is 19.6. The number of benzene rings is 15. The number of carbonyl (C=O) groups is 2. The molecule has 1 aliphatic heterocycles. The fourth-order valence-electron chi connectivity index (χ4n) is 13.7. The van der Waals surface area contributed by atoms with E-state index in [-0.39, 0.29) is 11.8 Å².